The summed E-state index contributed by atoms with van der Waals surface area (Å²) in [4.78, 5) is 19.7. The van der Waals surface area contributed by atoms with Crippen molar-refractivity contribution in [3.05, 3.63) is 59.0 Å². The number of anilines is 1. The lowest BCUT2D eigenvalue weighted by Gasteiger charge is -2.29. The fourth-order valence-corrected chi connectivity index (χ4v) is 3.91. The van der Waals surface area contributed by atoms with Gasteiger partial charge in [0, 0.05) is 30.4 Å². The van der Waals surface area contributed by atoms with Crippen molar-refractivity contribution in [3.63, 3.8) is 0 Å². The third-order valence-electron chi connectivity index (χ3n) is 4.52. The van der Waals surface area contributed by atoms with Crippen LogP contribution in [0.3, 0.4) is 0 Å². The number of methoxy groups -OCH3 is 1. The molecule has 0 aromatic heterocycles. The molecule has 0 radical (unpaired) electrons. The summed E-state index contributed by atoms with van der Waals surface area (Å²) in [5.41, 5.74) is 2.76. The number of hydrogen-bond acceptors (Lipinski definition) is 6. The summed E-state index contributed by atoms with van der Waals surface area (Å²) < 4.78 is 11.0. The Hall–Kier alpha value is -2.77. The van der Waals surface area contributed by atoms with Crippen LogP contribution in [-0.2, 0) is 9.53 Å². The molecule has 144 valence electrons. The van der Waals surface area contributed by atoms with E-state index in [0.29, 0.717) is 10.1 Å². The standard InChI is InChI=1S/C21H21N3O3S/c1-26-18-14-17(24-9-11-27-12-10-24)8-7-15(18)13-19-20(25)23-21(28-19)22-16-5-3-2-4-6-16/h2-8,13-14H,9-12H2,1H3,(H,22,23,25)/b19-13-. The van der Waals surface area contributed by atoms with E-state index in [1.807, 2.05) is 48.5 Å². The molecule has 6 nitrogen and oxygen atoms in total. The van der Waals surface area contributed by atoms with Gasteiger partial charge in [0.05, 0.1) is 30.9 Å². The zero-order valence-corrected chi connectivity index (χ0v) is 16.4. The molecule has 1 N–H and O–H groups in total. The molecule has 2 aromatic rings. The smallest absolute Gasteiger partial charge is 0.264 e. The maximum atomic E-state index is 12.3. The number of carbonyl (C=O) groups excluding carboxylic acids is 1. The van der Waals surface area contributed by atoms with Crippen LogP contribution < -0.4 is 15.0 Å². The molecule has 2 heterocycles. The van der Waals surface area contributed by atoms with Crippen molar-refractivity contribution in [2.45, 2.75) is 0 Å². The highest BCUT2D eigenvalue weighted by Crippen LogP contribution is 2.32. The van der Waals surface area contributed by atoms with E-state index >= 15 is 0 Å². The van der Waals surface area contributed by atoms with E-state index in [4.69, 9.17) is 9.47 Å². The summed E-state index contributed by atoms with van der Waals surface area (Å²) in [5, 5.41) is 3.39. The van der Waals surface area contributed by atoms with Crippen LogP contribution in [0.1, 0.15) is 5.56 Å². The lowest BCUT2D eigenvalue weighted by atomic mass is 10.1. The van der Waals surface area contributed by atoms with Crippen LogP contribution in [-0.4, -0.2) is 44.5 Å². The third-order valence-corrected chi connectivity index (χ3v) is 5.43. The highest BCUT2D eigenvalue weighted by Gasteiger charge is 2.24. The summed E-state index contributed by atoms with van der Waals surface area (Å²) in [6.45, 7) is 3.19. The highest BCUT2D eigenvalue weighted by molar-refractivity contribution is 8.18. The normalized spacial score (nSPS) is 19.9. The van der Waals surface area contributed by atoms with Crippen molar-refractivity contribution in [1.29, 1.82) is 0 Å². The molecule has 0 aliphatic carbocycles. The Labute approximate surface area is 168 Å². The van der Waals surface area contributed by atoms with Gasteiger partial charge in [-0.2, -0.15) is 0 Å². The second-order valence-electron chi connectivity index (χ2n) is 6.34. The zero-order chi connectivity index (χ0) is 19.3. The molecule has 2 aliphatic rings. The van der Waals surface area contributed by atoms with Crippen LogP contribution in [0.2, 0.25) is 0 Å². The molecule has 2 fully saturated rings. The maximum absolute atomic E-state index is 12.3. The molecule has 2 saturated heterocycles. The number of morpholine rings is 1. The molecule has 28 heavy (non-hydrogen) atoms. The number of benzene rings is 2. The first-order valence-electron chi connectivity index (χ1n) is 9.08. The van der Waals surface area contributed by atoms with Crippen molar-refractivity contribution < 1.29 is 14.3 Å². The number of para-hydroxylation sites is 1. The van der Waals surface area contributed by atoms with Gasteiger partial charge in [-0.25, -0.2) is 4.99 Å². The number of thioether (sulfide) groups is 1. The summed E-state index contributed by atoms with van der Waals surface area (Å²) in [6.07, 6.45) is 1.84. The predicted octanol–water partition coefficient (Wildman–Crippen LogP) is 3.42. The molecular weight excluding hydrogens is 374 g/mol. The number of hydrogen-bond donors (Lipinski definition) is 1. The molecule has 0 atom stereocenters. The second-order valence-corrected chi connectivity index (χ2v) is 7.37. The second kappa shape index (κ2) is 8.50. The molecule has 2 aliphatic heterocycles. The molecule has 4 rings (SSSR count). The first kappa shape index (κ1) is 18.6. The molecule has 1 amide bonds. The van der Waals surface area contributed by atoms with Crippen LogP contribution in [0.25, 0.3) is 6.08 Å². The van der Waals surface area contributed by atoms with Gasteiger partial charge in [-0.1, -0.05) is 18.2 Å². The lowest BCUT2D eigenvalue weighted by Crippen LogP contribution is -2.36. The molecular formula is C21H21N3O3S. The number of nitrogens with one attached hydrogen (secondary N) is 1. The molecule has 0 unspecified atom stereocenters. The number of nitrogens with zero attached hydrogens (tertiary/aromatic N) is 2. The number of amides is 1. The van der Waals surface area contributed by atoms with Crippen molar-refractivity contribution in [3.8, 4) is 5.75 Å². The van der Waals surface area contributed by atoms with Gasteiger partial charge in [-0.3, -0.25) is 4.79 Å². The largest absolute Gasteiger partial charge is 0.496 e. The van der Waals surface area contributed by atoms with E-state index in [9.17, 15) is 4.79 Å². The van der Waals surface area contributed by atoms with Gasteiger partial charge in [-0.05, 0) is 42.1 Å². The number of rotatable bonds is 4. The number of amidine groups is 1. The Balaban J connectivity index is 1.56. The monoisotopic (exact) mass is 395 g/mol. The van der Waals surface area contributed by atoms with Crippen LogP contribution in [0.15, 0.2) is 58.4 Å². The zero-order valence-electron chi connectivity index (χ0n) is 15.6. The minimum absolute atomic E-state index is 0.154. The molecule has 0 bridgehead atoms. The van der Waals surface area contributed by atoms with Gasteiger partial charge in [0.2, 0.25) is 0 Å². The molecule has 2 aromatic carbocycles. The van der Waals surface area contributed by atoms with Gasteiger partial charge < -0.3 is 19.7 Å². The van der Waals surface area contributed by atoms with E-state index in [-0.39, 0.29) is 5.91 Å². The van der Waals surface area contributed by atoms with E-state index in [1.165, 1.54) is 11.8 Å². The summed E-state index contributed by atoms with van der Waals surface area (Å²) in [7, 11) is 1.64. The molecule has 0 spiro atoms. The topological polar surface area (TPSA) is 63.2 Å². The highest BCUT2D eigenvalue weighted by atomic mass is 32.2. The minimum atomic E-state index is -0.154. The van der Waals surface area contributed by atoms with Crippen LogP contribution in [0.5, 0.6) is 5.75 Å². The average Bonchev–Trinajstić information content (AvgIpc) is 3.08. The average molecular weight is 395 g/mol. The van der Waals surface area contributed by atoms with Gasteiger partial charge in [-0.15, -0.1) is 0 Å². The van der Waals surface area contributed by atoms with Crippen molar-refractivity contribution in [2.75, 3.05) is 38.3 Å². The van der Waals surface area contributed by atoms with E-state index in [0.717, 1.165) is 49.0 Å². The van der Waals surface area contributed by atoms with Crippen LogP contribution in [0.4, 0.5) is 11.4 Å². The third kappa shape index (κ3) is 4.21. The molecule has 7 heteroatoms. The number of carbonyl (C=O) groups is 1. The van der Waals surface area contributed by atoms with E-state index in [2.05, 4.69) is 21.3 Å². The van der Waals surface area contributed by atoms with Crippen LogP contribution >= 0.6 is 11.8 Å². The first-order valence-corrected chi connectivity index (χ1v) is 9.90. The molecule has 0 saturated carbocycles. The van der Waals surface area contributed by atoms with Crippen molar-refractivity contribution in [1.82, 2.24) is 5.32 Å². The minimum Gasteiger partial charge on any atom is -0.496 e. The Morgan fingerprint density at radius 2 is 1.96 bits per heavy atom. The van der Waals surface area contributed by atoms with Gasteiger partial charge in [0.1, 0.15) is 5.75 Å². The van der Waals surface area contributed by atoms with E-state index < -0.39 is 0 Å². The Morgan fingerprint density at radius 1 is 1.18 bits per heavy atom. The fraction of sp³-hybridized carbons (Fsp3) is 0.238. The van der Waals surface area contributed by atoms with Crippen LogP contribution in [0, 0.1) is 0 Å². The maximum Gasteiger partial charge on any atom is 0.264 e. The van der Waals surface area contributed by atoms with E-state index in [1.54, 1.807) is 7.11 Å². The SMILES string of the molecule is COc1cc(N2CCOCC2)ccc1/C=C1\SC(=Nc2ccccc2)NC1=O. The number of aliphatic imine (C=N–C) groups is 1. The fourth-order valence-electron chi connectivity index (χ4n) is 3.08. The van der Waals surface area contributed by atoms with Gasteiger partial charge >= 0.3 is 0 Å². The predicted molar refractivity (Wildman–Crippen MR) is 113 cm³/mol. The summed E-state index contributed by atoms with van der Waals surface area (Å²) in [6, 6.07) is 15.6. The van der Waals surface area contributed by atoms with Crippen molar-refractivity contribution in [2.24, 2.45) is 4.99 Å². The van der Waals surface area contributed by atoms with Crippen molar-refractivity contribution >= 4 is 40.3 Å². The Kier molecular flexibility index (Phi) is 5.64. The summed E-state index contributed by atoms with van der Waals surface area (Å²) >= 11 is 1.33. The van der Waals surface area contributed by atoms with Gasteiger partial charge in [0.15, 0.2) is 5.17 Å². The summed E-state index contributed by atoms with van der Waals surface area (Å²) in [5.74, 6) is 0.581. The Morgan fingerprint density at radius 3 is 2.71 bits per heavy atom. The lowest BCUT2D eigenvalue weighted by molar-refractivity contribution is -0.115. The Bertz CT molecular complexity index is 922. The quantitative estimate of drug-likeness (QED) is 0.804. The van der Waals surface area contributed by atoms with Gasteiger partial charge in [0.25, 0.3) is 5.91 Å². The first-order chi connectivity index (χ1) is 13.7. The number of ether oxygens (including phenoxy) is 2.